The molecule has 5 heteroatoms. The third-order valence-electron chi connectivity index (χ3n) is 4.57. The molecule has 0 saturated heterocycles. The van der Waals surface area contributed by atoms with E-state index in [1.807, 2.05) is 0 Å². The van der Waals surface area contributed by atoms with E-state index in [9.17, 15) is 14.9 Å². The standard InChI is InChI=1S/C16H18N2O3/c19-16(17-15-10-12-4-6-13(15)8-12)7-5-11-2-1-3-14(9-11)18(20)21/h1-3,5,7,9,12-13,15H,4,6,8,10H2,(H,17,19)/t12-,13+,15+/m0/s1. The van der Waals surface area contributed by atoms with Crippen molar-refractivity contribution in [3.05, 3.63) is 46.0 Å². The minimum atomic E-state index is -0.438. The molecule has 1 aromatic carbocycles. The van der Waals surface area contributed by atoms with Crippen molar-refractivity contribution in [3.8, 4) is 0 Å². The van der Waals surface area contributed by atoms with Crippen LogP contribution in [0.2, 0.25) is 0 Å². The van der Waals surface area contributed by atoms with Crippen LogP contribution in [0.5, 0.6) is 0 Å². The lowest BCUT2D eigenvalue weighted by Crippen LogP contribution is -2.37. The van der Waals surface area contributed by atoms with E-state index < -0.39 is 4.92 Å². The first-order chi connectivity index (χ1) is 10.1. The van der Waals surface area contributed by atoms with Crippen LogP contribution < -0.4 is 5.32 Å². The Balaban J connectivity index is 1.59. The molecule has 3 atom stereocenters. The summed E-state index contributed by atoms with van der Waals surface area (Å²) < 4.78 is 0. The summed E-state index contributed by atoms with van der Waals surface area (Å²) in [4.78, 5) is 22.2. The number of nitro groups is 1. The molecule has 0 aromatic heterocycles. The molecule has 2 fully saturated rings. The molecule has 1 N–H and O–H groups in total. The fourth-order valence-corrected chi connectivity index (χ4v) is 3.57. The van der Waals surface area contributed by atoms with Crippen LogP contribution in [0.25, 0.3) is 6.08 Å². The number of nitrogens with zero attached hydrogens (tertiary/aromatic N) is 1. The molecule has 2 aliphatic rings. The molecule has 1 amide bonds. The molecule has 1 aromatic rings. The molecule has 0 unspecified atom stereocenters. The third-order valence-corrected chi connectivity index (χ3v) is 4.57. The van der Waals surface area contributed by atoms with Crippen LogP contribution >= 0.6 is 0 Å². The van der Waals surface area contributed by atoms with Gasteiger partial charge in [0, 0.05) is 24.3 Å². The fraction of sp³-hybridized carbons (Fsp3) is 0.438. The summed E-state index contributed by atoms with van der Waals surface area (Å²) in [6.45, 7) is 0. The Bertz CT molecular complexity index is 597. The summed E-state index contributed by atoms with van der Waals surface area (Å²) in [6, 6.07) is 6.57. The van der Waals surface area contributed by atoms with Gasteiger partial charge in [-0.15, -0.1) is 0 Å². The number of nitrogens with one attached hydrogen (secondary N) is 1. The Kier molecular flexibility index (Phi) is 3.73. The van der Waals surface area contributed by atoms with Crippen molar-refractivity contribution in [1.82, 2.24) is 5.32 Å². The molecule has 3 rings (SSSR count). The number of carbonyl (C=O) groups is 1. The van der Waals surface area contributed by atoms with Crippen LogP contribution in [0.15, 0.2) is 30.3 Å². The summed E-state index contributed by atoms with van der Waals surface area (Å²) in [5.74, 6) is 1.32. The topological polar surface area (TPSA) is 72.2 Å². The zero-order valence-electron chi connectivity index (χ0n) is 11.7. The Labute approximate surface area is 123 Å². The van der Waals surface area contributed by atoms with Crippen LogP contribution in [-0.2, 0) is 4.79 Å². The first-order valence-electron chi connectivity index (χ1n) is 7.35. The van der Waals surface area contributed by atoms with E-state index in [2.05, 4.69) is 5.32 Å². The van der Waals surface area contributed by atoms with Gasteiger partial charge in [-0.05, 0) is 42.7 Å². The van der Waals surface area contributed by atoms with Gasteiger partial charge in [0.1, 0.15) is 0 Å². The molecule has 0 aliphatic heterocycles. The van der Waals surface area contributed by atoms with Crippen molar-refractivity contribution in [1.29, 1.82) is 0 Å². The van der Waals surface area contributed by atoms with Crippen molar-refractivity contribution in [3.63, 3.8) is 0 Å². The number of benzene rings is 1. The number of carbonyl (C=O) groups excluding carboxylic acids is 1. The maximum absolute atomic E-state index is 11.9. The lowest BCUT2D eigenvalue weighted by Gasteiger charge is -2.22. The smallest absolute Gasteiger partial charge is 0.270 e. The van der Waals surface area contributed by atoms with Gasteiger partial charge in [-0.2, -0.15) is 0 Å². The van der Waals surface area contributed by atoms with Crippen molar-refractivity contribution in [2.45, 2.75) is 31.7 Å². The summed E-state index contributed by atoms with van der Waals surface area (Å²) in [5, 5.41) is 13.8. The lowest BCUT2D eigenvalue weighted by atomic mass is 9.95. The molecular weight excluding hydrogens is 268 g/mol. The number of hydrogen-bond donors (Lipinski definition) is 1. The molecule has 2 aliphatic carbocycles. The van der Waals surface area contributed by atoms with Gasteiger partial charge in [0.15, 0.2) is 0 Å². The van der Waals surface area contributed by atoms with Gasteiger partial charge in [-0.3, -0.25) is 14.9 Å². The van der Waals surface area contributed by atoms with Crippen molar-refractivity contribution < 1.29 is 9.72 Å². The highest BCUT2D eigenvalue weighted by atomic mass is 16.6. The lowest BCUT2D eigenvalue weighted by molar-refractivity contribution is -0.384. The van der Waals surface area contributed by atoms with Gasteiger partial charge in [-0.1, -0.05) is 18.6 Å². The SMILES string of the molecule is O=C(C=Cc1cccc([N+](=O)[O-])c1)N[C@@H]1C[C@H]2CC[C@@H]1C2. The van der Waals surface area contributed by atoms with Gasteiger partial charge in [0.25, 0.3) is 5.69 Å². The quantitative estimate of drug-likeness (QED) is 0.525. The fourth-order valence-electron chi connectivity index (χ4n) is 3.57. The second-order valence-corrected chi connectivity index (χ2v) is 5.98. The van der Waals surface area contributed by atoms with Crippen LogP contribution in [0.3, 0.4) is 0 Å². The molecule has 2 saturated carbocycles. The van der Waals surface area contributed by atoms with E-state index >= 15 is 0 Å². The second kappa shape index (κ2) is 5.68. The number of amides is 1. The summed E-state index contributed by atoms with van der Waals surface area (Å²) in [6.07, 6.45) is 7.96. The number of hydrogen-bond acceptors (Lipinski definition) is 3. The normalized spacial score (nSPS) is 27.1. The highest BCUT2D eigenvalue weighted by Gasteiger charge is 2.39. The van der Waals surface area contributed by atoms with Gasteiger partial charge in [0.2, 0.25) is 5.91 Å². The highest BCUT2D eigenvalue weighted by Crippen LogP contribution is 2.44. The maximum atomic E-state index is 11.9. The Hall–Kier alpha value is -2.17. The zero-order valence-corrected chi connectivity index (χ0v) is 11.7. The summed E-state index contributed by atoms with van der Waals surface area (Å²) in [5.41, 5.74) is 0.693. The molecular formula is C16H18N2O3. The molecule has 5 nitrogen and oxygen atoms in total. The Morgan fingerprint density at radius 3 is 2.86 bits per heavy atom. The molecule has 0 heterocycles. The molecule has 21 heavy (non-hydrogen) atoms. The van der Waals surface area contributed by atoms with Gasteiger partial charge in [0.05, 0.1) is 4.92 Å². The van der Waals surface area contributed by atoms with Crippen LogP contribution in [0, 0.1) is 22.0 Å². The van der Waals surface area contributed by atoms with E-state index in [0.717, 1.165) is 12.3 Å². The number of nitro benzene ring substituents is 1. The highest BCUT2D eigenvalue weighted by molar-refractivity contribution is 5.92. The van der Waals surface area contributed by atoms with E-state index in [0.29, 0.717) is 17.5 Å². The molecule has 0 spiro atoms. The van der Waals surface area contributed by atoms with Gasteiger partial charge >= 0.3 is 0 Å². The minimum absolute atomic E-state index is 0.0330. The maximum Gasteiger partial charge on any atom is 0.270 e. The molecule has 110 valence electrons. The average molecular weight is 286 g/mol. The second-order valence-electron chi connectivity index (χ2n) is 5.98. The van der Waals surface area contributed by atoms with Crippen LogP contribution in [0.1, 0.15) is 31.2 Å². The van der Waals surface area contributed by atoms with Crippen LogP contribution in [0.4, 0.5) is 5.69 Å². The number of fused-ring (bicyclic) bond motifs is 2. The van der Waals surface area contributed by atoms with Crippen molar-refractivity contribution in [2.24, 2.45) is 11.8 Å². The predicted molar refractivity (Wildman–Crippen MR) is 79.5 cm³/mol. The van der Waals surface area contributed by atoms with Gasteiger partial charge in [-0.25, -0.2) is 0 Å². The van der Waals surface area contributed by atoms with E-state index in [1.165, 1.54) is 37.5 Å². The Morgan fingerprint density at radius 2 is 2.19 bits per heavy atom. The predicted octanol–water partition coefficient (Wildman–Crippen LogP) is 2.91. The third kappa shape index (κ3) is 3.12. The zero-order chi connectivity index (χ0) is 14.8. The number of non-ortho nitro benzene ring substituents is 1. The first kappa shape index (κ1) is 13.8. The van der Waals surface area contributed by atoms with E-state index in [1.54, 1.807) is 18.2 Å². The summed E-state index contributed by atoms with van der Waals surface area (Å²) >= 11 is 0. The monoisotopic (exact) mass is 286 g/mol. The molecule has 2 bridgehead atoms. The molecule has 0 radical (unpaired) electrons. The van der Waals surface area contributed by atoms with E-state index in [4.69, 9.17) is 0 Å². The summed E-state index contributed by atoms with van der Waals surface area (Å²) in [7, 11) is 0. The number of rotatable bonds is 4. The largest absolute Gasteiger partial charge is 0.350 e. The van der Waals surface area contributed by atoms with E-state index in [-0.39, 0.29) is 11.6 Å². The minimum Gasteiger partial charge on any atom is -0.350 e. The Morgan fingerprint density at radius 1 is 1.33 bits per heavy atom. The first-order valence-corrected chi connectivity index (χ1v) is 7.35. The van der Waals surface area contributed by atoms with Crippen molar-refractivity contribution >= 4 is 17.7 Å². The van der Waals surface area contributed by atoms with Crippen LogP contribution in [-0.4, -0.2) is 16.9 Å². The van der Waals surface area contributed by atoms with Gasteiger partial charge < -0.3 is 5.32 Å². The average Bonchev–Trinajstić information content (AvgIpc) is 3.08. The van der Waals surface area contributed by atoms with Crippen molar-refractivity contribution in [2.75, 3.05) is 0 Å².